The zero-order valence-corrected chi connectivity index (χ0v) is 19.4. The first-order valence-electron chi connectivity index (χ1n) is 11.7. The fourth-order valence-electron chi connectivity index (χ4n) is 5.01. The van der Waals surface area contributed by atoms with Gasteiger partial charge in [-0.05, 0) is 28.7 Å². The summed E-state index contributed by atoms with van der Waals surface area (Å²) in [4.78, 5) is 37.4. The lowest BCUT2D eigenvalue weighted by Crippen LogP contribution is -2.45. The summed E-state index contributed by atoms with van der Waals surface area (Å²) in [5.74, 6) is -5.57. The Morgan fingerprint density at radius 2 is 1.71 bits per heavy atom. The zero-order chi connectivity index (χ0) is 25.2. The van der Waals surface area contributed by atoms with Crippen molar-refractivity contribution in [3.8, 4) is 11.1 Å². The molecule has 35 heavy (non-hydrogen) atoms. The summed E-state index contributed by atoms with van der Waals surface area (Å²) in [6, 6.07) is 13.6. The van der Waals surface area contributed by atoms with E-state index in [9.17, 15) is 28.3 Å². The molecule has 186 valence electrons. The molecule has 7 nitrogen and oxygen atoms in total. The maximum atomic E-state index is 13.8. The average Bonchev–Trinajstić information content (AvgIpc) is 3.32. The SMILES string of the molecule is CCCC(CC(=O)N1CC(F)(F)C[C@H]1C(=O)O)NC(=O)OCC1c2ccccc2-c2ccccc21. The van der Waals surface area contributed by atoms with Gasteiger partial charge in [0.05, 0.1) is 6.54 Å². The molecule has 1 fully saturated rings. The normalized spacial score (nSPS) is 19.1. The van der Waals surface area contributed by atoms with E-state index in [4.69, 9.17) is 4.74 Å². The van der Waals surface area contributed by atoms with Gasteiger partial charge in [-0.3, -0.25) is 4.79 Å². The topological polar surface area (TPSA) is 95.9 Å². The zero-order valence-electron chi connectivity index (χ0n) is 19.4. The molecule has 4 rings (SSSR count). The average molecular weight is 487 g/mol. The minimum atomic E-state index is -3.25. The van der Waals surface area contributed by atoms with Crippen LogP contribution in [0.4, 0.5) is 13.6 Å². The van der Waals surface area contributed by atoms with Crippen LogP contribution in [0, 0.1) is 0 Å². The maximum Gasteiger partial charge on any atom is 0.407 e. The van der Waals surface area contributed by atoms with E-state index in [2.05, 4.69) is 5.32 Å². The fraction of sp³-hybridized carbons (Fsp3) is 0.423. The highest BCUT2D eigenvalue weighted by atomic mass is 19.3. The molecular weight excluding hydrogens is 458 g/mol. The first-order valence-corrected chi connectivity index (χ1v) is 11.7. The minimum absolute atomic E-state index is 0.103. The Kier molecular flexibility index (Phi) is 7.05. The van der Waals surface area contributed by atoms with E-state index in [1.54, 1.807) is 0 Å². The molecule has 1 unspecified atom stereocenters. The van der Waals surface area contributed by atoms with Crippen LogP contribution in [0.25, 0.3) is 11.1 Å². The summed E-state index contributed by atoms with van der Waals surface area (Å²) >= 11 is 0. The largest absolute Gasteiger partial charge is 0.480 e. The monoisotopic (exact) mass is 486 g/mol. The number of carboxylic acids is 1. The fourth-order valence-corrected chi connectivity index (χ4v) is 5.01. The van der Waals surface area contributed by atoms with Gasteiger partial charge < -0.3 is 20.1 Å². The lowest BCUT2D eigenvalue weighted by molar-refractivity contribution is -0.148. The highest BCUT2D eigenvalue weighted by molar-refractivity contribution is 5.85. The molecule has 0 radical (unpaired) electrons. The molecule has 0 saturated carbocycles. The first-order chi connectivity index (χ1) is 16.7. The molecule has 9 heteroatoms. The minimum Gasteiger partial charge on any atom is -0.480 e. The number of alkyl carbamates (subject to hydrolysis) is 1. The number of alkyl halides is 2. The van der Waals surface area contributed by atoms with Crippen molar-refractivity contribution in [1.82, 2.24) is 10.2 Å². The van der Waals surface area contributed by atoms with Crippen molar-refractivity contribution in [1.29, 1.82) is 0 Å². The Morgan fingerprint density at radius 1 is 1.11 bits per heavy atom. The van der Waals surface area contributed by atoms with Crippen molar-refractivity contribution in [2.75, 3.05) is 13.2 Å². The van der Waals surface area contributed by atoms with Crippen molar-refractivity contribution < 1.29 is 33.0 Å². The summed E-state index contributed by atoms with van der Waals surface area (Å²) in [6.07, 6.45) is -0.859. The number of amides is 2. The molecule has 2 aliphatic rings. The van der Waals surface area contributed by atoms with E-state index in [0.29, 0.717) is 17.7 Å². The number of hydrogen-bond acceptors (Lipinski definition) is 4. The number of rotatable bonds is 8. The Hall–Kier alpha value is -3.49. The molecule has 0 aromatic heterocycles. The summed E-state index contributed by atoms with van der Waals surface area (Å²) in [6.45, 7) is 1.03. The number of carbonyl (C=O) groups excluding carboxylic acids is 2. The van der Waals surface area contributed by atoms with E-state index in [0.717, 1.165) is 22.3 Å². The Morgan fingerprint density at radius 3 is 2.29 bits per heavy atom. The predicted molar refractivity (Wildman–Crippen MR) is 124 cm³/mol. The van der Waals surface area contributed by atoms with Gasteiger partial charge in [-0.2, -0.15) is 0 Å². The highest BCUT2D eigenvalue weighted by Gasteiger charge is 2.50. The smallest absolute Gasteiger partial charge is 0.407 e. The third-order valence-electron chi connectivity index (χ3n) is 6.60. The number of nitrogens with zero attached hydrogens (tertiary/aromatic N) is 1. The van der Waals surface area contributed by atoms with Gasteiger partial charge in [-0.25, -0.2) is 18.4 Å². The van der Waals surface area contributed by atoms with Crippen LogP contribution in [0.2, 0.25) is 0 Å². The van der Waals surface area contributed by atoms with E-state index < -0.39 is 48.9 Å². The standard InChI is InChI=1S/C26H28F2N2O5/c1-2-7-16(12-23(31)30-15-26(27,28)13-22(30)24(32)33)29-25(34)35-14-21-19-10-5-3-8-17(19)18-9-4-6-11-20(18)21/h3-6,8-11,16,21-22H,2,7,12-15H2,1H3,(H,29,34)(H,32,33)/t16?,22-/m0/s1. The van der Waals surface area contributed by atoms with Gasteiger partial charge >= 0.3 is 12.1 Å². The van der Waals surface area contributed by atoms with Crippen LogP contribution in [-0.2, 0) is 14.3 Å². The van der Waals surface area contributed by atoms with Crippen LogP contribution in [0.15, 0.2) is 48.5 Å². The van der Waals surface area contributed by atoms with Crippen LogP contribution < -0.4 is 5.32 Å². The van der Waals surface area contributed by atoms with Gasteiger partial charge in [-0.1, -0.05) is 61.9 Å². The van der Waals surface area contributed by atoms with Crippen LogP contribution in [0.3, 0.4) is 0 Å². The Balaban J connectivity index is 1.38. The molecule has 2 aromatic rings. The molecule has 2 N–H and O–H groups in total. The molecule has 2 aromatic carbocycles. The van der Waals surface area contributed by atoms with Gasteiger partial charge in [0.25, 0.3) is 5.92 Å². The number of carboxylic acid groups (broad SMARTS) is 1. The Bertz CT molecular complexity index is 1080. The van der Waals surface area contributed by atoms with Crippen molar-refractivity contribution in [3.63, 3.8) is 0 Å². The first kappa shape index (κ1) is 24.6. The Labute approximate surface area is 202 Å². The van der Waals surface area contributed by atoms with E-state index in [-0.39, 0.29) is 18.9 Å². The van der Waals surface area contributed by atoms with Gasteiger partial charge in [0, 0.05) is 24.8 Å². The third kappa shape index (κ3) is 5.28. The van der Waals surface area contributed by atoms with Crippen LogP contribution >= 0.6 is 0 Å². The number of ether oxygens (including phenoxy) is 1. The molecule has 2 amide bonds. The molecule has 1 saturated heterocycles. The van der Waals surface area contributed by atoms with Crippen molar-refractivity contribution >= 4 is 18.0 Å². The number of benzene rings is 2. The quantitative estimate of drug-likeness (QED) is 0.577. The van der Waals surface area contributed by atoms with Gasteiger partial charge in [0.1, 0.15) is 12.6 Å². The molecule has 1 aliphatic carbocycles. The second-order valence-corrected chi connectivity index (χ2v) is 9.10. The number of likely N-dealkylation sites (tertiary alicyclic amines) is 1. The second-order valence-electron chi connectivity index (χ2n) is 9.10. The van der Waals surface area contributed by atoms with E-state index in [1.165, 1.54) is 0 Å². The van der Waals surface area contributed by atoms with E-state index in [1.807, 2.05) is 55.5 Å². The molecule has 2 atom stereocenters. The molecule has 1 aliphatic heterocycles. The lowest BCUT2D eigenvalue weighted by Gasteiger charge is -2.24. The molecule has 1 heterocycles. The molecule has 0 bridgehead atoms. The van der Waals surface area contributed by atoms with Crippen molar-refractivity contribution in [2.24, 2.45) is 0 Å². The summed E-state index contributed by atoms with van der Waals surface area (Å²) in [5, 5.41) is 11.9. The number of carbonyl (C=O) groups is 3. The second kappa shape index (κ2) is 10.0. The number of aliphatic carboxylic acids is 1. The lowest BCUT2D eigenvalue weighted by atomic mass is 9.98. The van der Waals surface area contributed by atoms with Gasteiger partial charge in [0.2, 0.25) is 5.91 Å². The molecular formula is C26H28F2N2O5. The third-order valence-corrected chi connectivity index (χ3v) is 6.60. The summed E-state index contributed by atoms with van der Waals surface area (Å²) < 4.78 is 33.1. The highest BCUT2D eigenvalue weighted by Crippen LogP contribution is 2.44. The molecule has 0 spiro atoms. The number of hydrogen-bond donors (Lipinski definition) is 2. The predicted octanol–water partition coefficient (Wildman–Crippen LogP) is 4.40. The van der Waals surface area contributed by atoms with Crippen LogP contribution in [0.5, 0.6) is 0 Å². The summed E-state index contributed by atoms with van der Waals surface area (Å²) in [5.41, 5.74) is 4.33. The van der Waals surface area contributed by atoms with Crippen LogP contribution in [0.1, 0.15) is 49.7 Å². The van der Waals surface area contributed by atoms with Crippen molar-refractivity contribution in [2.45, 2.75) is 56.5 Å². The van der Waals surface area contributed by atoms with Crippen molar-refractivity contribution in [3.05, 3.63) is 59.7 Å². The summed E-state index contributed by atoms with van der Waals surface area (Å²) in [7, 11) is 0. The maximum absolute atomic E-state index is 13.8. The number of fused-ring (bicyclic) bond motifs is 3. The number of nitrogens with one attached hydrogen (secondary N) is 1. The van der Waals surface area contributed by atoms with Gasteiger partial charge in [-0.15, -0.1) is 0 Å². The number of halogens is 2. The van der Waals surface area contributed by atoms with Gasteiger partial charge in [0.15, 0.2) is 0 Å². The van der Waals surface area contributed by atoms with E-state index >= 15 is 0 Å². The van der Waals surface area contributed by atoms with Crippen LogP contribution in [-0.4, -0.2) is 59.1 Å².